The van der Waals surface area contributed by atoms with E-state index in [1.54, 1.807) is 11.3 Å². The van der Waals surface area contributed by atoms with E-state index in [-0.39, 0.29) is 0 Å². The maximum atomic E-state index is 4.69. The SMILES string of the molecule is CCNC(=NCc1nc2ccccc2n1C)NCCc1nc(C)c(C)s1. The minimum absolute atomic E-state index is 0.538. The standard InChI is InChI=1S/C19H26N6S/c1-5-20-19(21-11-10-18-23-13(2)14(3)26-18)22-12-17-24-15-8-6-7-9-16(15)25(17)4/h6-9H,5,10-12H2,1-4H3,(H2,20,21,22). The zero-order valence-corrected chi connectivity index (χ0v) is 16.7. The average Bonchev–Trinajstić information content (AvgIpc) is 3.12. The molecule has 0 saturated heterocycles. The van der Waals surface area contributed by atoms with Gasteiger partial charge in [-0.05, 0) is 32.9 Å². The number of nitrogens with zero attached hydrogens (tertiary/aromatic N) is 4. The number of aliphatic imine (C=N–C) groups is 1. The molecule has 26 heavy (non-hydrogen) atoms. The van der Waals surface area contributed by atoms with Crippen molar-refractivity contribution in [3.63, 3.8) is 0 Å². The molecular weight excluding hydrogens is 344 g/mol. The Balaban J connectivity index is 1.63. The molecule has 0 aliphatic heterocycles. The van der Waals surface area contributed by atoms with E-state index in [1.807, 2.05) is 25.2 Å². The Hall–Kier alpha value is -2.41. The Morgan fingerprint density at radius 3 is 2.69 bits per heavy atom. The summed E-state index contributed by atoms with van der Waals surface area (Å²) in [4.78, 5) is 15.2. The first-order valence-electron chi connectivity index (χ1n) is 8.94. The summed E-state index contributed by atoms with van der Waals surface area (Å²) >= 11 is 1.77. The lowest BCUT2D eigenvalue weighted by Crippen LogP contribution is -2.38. The number of hydrogen-bond donors (Lipinski definition) is 2. The van der Waals surface area contributed by atoms with Crippen molar-refractivity contribution in [1.29, 1.82) is 0 Å². The smallest absolute Gasteiger partial charge is 0.191 e. The summed E-state index contributed by atoms with van der Waals surface area (Å²) in [7, 11) is 2.04. The fourth-order valence-corrected chi connectivity index (χ4v) is 3.70. The highest BCUT2D eigenvalue weighted by molar-refractivity contribution is 7.11. The van der Waals surface area contributed by atoms with E-state index in [0.29, 0.717) is 6.54 Å². The quantitative estimate of drug-likeness (QED) is 0.517. The maximum absolute atomic E-state index is 4.69. The second-order valence-corrected chi connectivity index (χ2v) is 7.48. The van der Waals surface area contributed by atoms with Crippen molar-refractivity contribution in [2.45, 2.75) is 33.7 Å². The van der Waals surface area contributed by atoms with Crippen LogP contribution in [0, 0.1) is 13.8 Å². The van der Waals surface area contributed by atoms with E-state index in [0.717, 1.165) is 48.0 Å². The molecule has 0 bridgehead atoms. The summed E-state index contributed by atoms with van der Waals surface area (Å²) in [5, 5.41) is 7.85. The highest BCUT2D eigenvalue weighted by atomic mass is 32.1. The van der Waals surface area contributed by atoms with E-state index in [1.165, 1.54) is 9.88 Å². The third-order valence-electron chi connectivity index (χ3n) is 4.31. The number of rotatable bonds is 6. The van der Waals surface area contributed by atoms with Gasteiger partial charge in [-0.2, -0.15) is 0 Å². The number of aromatic nitrogens is 3. The van der Waals surface area contributed by atoms with Gasteiger partial charge < -0.3 is 15.2 Å². The maximum Gasteiger partial charge on any atom is 0.191 e. The Bertz CT molecular complexity index is 889. The molecule has 2 aromatic heterocycles. The van der Waals surface area contributed by atoms with Gasteiger partial charge in [0, 0.05) is 31.4 Å². The molecule has 0 radical (unpaired) electrons. The molecule has 0 aliphatic rings. The Morgan fingerprint density at radius 2 is 2.00 bits per heavy atom. The second kappa shape index (κ2) is 8.31. The average molecular weight is 371 g/mol. The van der Waals surface area contributed by atoms with E-state index in [4.69, 9.17) is 0 Å². The fraction of sp³-hybridized carbons (Fsp3) is 0.421. The Labute approximate surface area is 158 Å². The lowest BCUT2D eigenvalue weighted by molar-refractivity contribution is 0.770. The van der Waals surface area contributed by atoms with Crippen LogP contribution in [0.3, 0.4) is 0 Å². The minimum Gasteiger partial charge on any atom is -0.357 e. The molecule has 0 fully saturated rings. The summed E-state index contributed by atoms with van der Waals surface area (Å²) in [5.74, 6) is 1.76. The first-order valence-corrected chi connectivity index (χ1v) is 9.75. The van der Waals surface area contributed by atoms with Crippen LogP contribution < -0.4 is 10.6 Å². The van der Waals surface area contributed by atoms with Gasteiger partial charge in [0.15, 0.2) is 5.96 Å². The van der Waals surface area contributed by atoms with Crippen LogP contribution >= 0.6 is 11.3 Å². The molecule has 0 amide bonds. The number of fused-ring (bicyclic) bond motifs is 1. The molecule has 3 rings (SSSR count). The number of hydrogen-bond acceptors (Lipinski definition) is 4. The van der Waals surface area contributed by atoms with Gasteiger partial charge in [0.25, 0.3) is 0 Å². The molecule has 7 heteroatoms. The minimum atomic E-state index is 0.538. The first kappa shape index (κ1) is 18.4. The molecule has 6 nitrogen and oxygen atoms in total. The number of imidazole rings is 1. The first-order chi connectivity index (χ1) is 12.6. The molecule has 0 aliphatic carbocycles. The lowest BCUT2D eigenvalue weighted by atomic mass is 10.3. The van der Waals surface area contributed by atoms with Gasteiger partial charge in [0.2, 0.25) is 0 Å². The number of benzene rings is 1. The van der Waals surface area contributed by atoms with Gasteiger partial charge in [-0.25, -0.2) is 15.0 Å². The fourth-order valence-electron chi connectivity index (χ4n) is 2.76. The van der Waals surface area contributed by atoms with Crippen molar-refractivity contribution < 1.29 is 0 Å². The van der Waals surface area contributed by atoms with Crippen molar-refractivity contribution in [1.82, 2.24) is 25.2 Å². The van der Waals surface area contributed by atoms with E-state index in [2.05, 4.69) is 57.0 Å². The molecule has 0 spiro atoms. The van der Waals surface area contributed by atoms with Crippen LogP contribution in [-0.4, -0.2) is 33.6 Å². The molecule has 138 valence electrons. The topological polar surface area (TPSA) is 67.1 Å². The van der Waals surface area contributed by atoms with Crippen LogP contribution in [0.4, 0.5) is 0 Å². The number of nitrogens with one attached hydrogen (secondary N) is 2. The van der Waals surface area contributed by atoms with Crippen molar-refractivity contribution in [2.75, 3.05) is 13.1 Å². The Kier molecular flexibility index (Phi) is 5.88. The van der Waals surface area contributed by atoms with Crippen LogP contribution in [0.15, 0.2) is 29.3 Å². The third-order valence-corrected chi connectivity index (χ3v) is 5.44. The van der Waals surface area contributed by atoms with Crippen LogP contribution in [0.2, 0.25) is 0 Å². The summed E-state index contributed by atoms with van der Waals surface area (Å²) in [6.45, 7) is 8.41. The van der Waals surface area contributed by atoms with Crippen LogP contribution in [0.5, 0.6) is 0 Å². The summed E-state index contributed by atoms with van der Waals surface area (Å²) < 4.78 is 2.10. The summed E-state index contributed by atoms with van der Waals surface area (Å²) in [6, 6.07) is 8.15. The number of guanidine groups is 1. The largest absolute Gasteiger partial charge is 0.357 e. The molecule has 0 saturated carbocycles. The van der Waals surface area contributed by atoms with Gasteiger partial charge in [0.05, 0.1) is 21.7 Å². The van der Waals surface area contributed by atoms with Crippen molar-refractivity contribution in [3.8, 4) is 0 Å². The molecule has 2 N–H and O–H groups in total. The summed E-state index contributed by atoms with van der Waals surface area (Å²) in [6.07, 6.45) is 0.899. The zero-order chi connectivity index (χ0) is 18.5. The Morgan fingerprint density at radius 1 is 1.19 bits per heavy atom. The van der Waals surface area contributed by atoms with Crippen molar-refractivity contribution in [2.24, 2.45) is 12.0 Å². The van der Waals surface area contributed by atoms with E-state index >= 15 is 0 Å². The molecule has 0 atom stereocenters. The third kappa shape index (κ3) is 4.22. The second-order valence-electron chi connectivity index (χ2n) is 6.20. The van der Waals surface area contributed by atoms with Crippen LogP contribution in [0.1, 0.15) is 28.3 Å². The van der Waals surface area contributed by atoms with Crippen molar-refractivity contribution in [3.05, 3.63) is 45.7 Å². The molecule has 2 heterocycles. The van der Waals surface area contributed by atoms with Gasteiger partial charge in [-0.1, -0.05) is 12.1 Å². The zero-order valence-electron chi connectivity index (χ0n) is 15.8. The highest BCUT2D eigenvalue weighted by Gasteiger charge is 2.07. The van der Waals surface area contributed by atoms with Gasteiger partial charge in [0.1, 0.15) is 12.4 Å². The molecule has 1 aromatic carbocycles. The predicted octanol–water partition coefficient (Wildman–Crippen LogP) is 2.94. The molecule has 3 aromatic rings. The predicted molar refractivity (Wildman–Crippen MR) is 109 cm³/mol. The van der Waals surface area contributed by atoms with Crippen LogP contribution in [-0.2, 0) is 20.0 Å². The number of thiazole rings is 1. The van der Waals surface area contributed by atoms with Gasteiger partial charge in [-0.3, -0.25) is 0 Å². The molecule has 0 unspecified atom stereocenters. The number of aryl methyl sites for hydroxylation is 3. The van der Waals surface area contributed by atoms with E-state index < -0.39 is 0 Å². The van der Waals surface area contributed by atoms with Gasteiger partial charge in [-0.15, -0.1) is 11.3 Å². The van der Waals surface area contributed by atoms with Gasteiger partial charge >= 0.3 is 0 Å². The normalized spacial score (nSPS) is 11.9. The highest BCUT2D eigenvalue weighted by Crippen LogP contribution is 2.16. The van der Waals surface area contributed by atoms with Crippen LogP contribution in [0.25, 0.3) is 11.0 Å². The van der Waals surface area contributed by atoms with E-state index in [9.17, 15) is 0 Å². The summed E-state index contributed by atoms with van der Waals surface area (Å²) in [5.41, 5.74) is 3.27. The lowest BCUT2D eigenvalue weighted by Gasteiger charge is -2.10. The number of para-hydroxylation sites is 2. The van der Waals surface area contributed by atoms with Crippen molar-refractivity contribution >= 4 is 28.3 Å². The molecular formula is C19H26N6S. The monoisotopic (exact) mass is 370 g/mol.